The lowest BCUT2D eigenvalue weighted by molar-refractivity contribution is 0.483. The van der Waals surface area contributed by atoms with Crippen molar-refractivity contribution in [1.82, 2.24) is 0 Å². The Labute approximate surface area is 65.9 Å². The standard InChI is InChI=1S/C6H7NO3S/c7-5-1-3-6(4-2-5)11(8,9)10/h1-4H,7H2,(H,8,9,10)/i/hD. The zero-order valence-electron chi connectivity index (χ0n) is 6.52. The molecular weight excluding hydrogens is 166 g/mol. The largest absolute Gasteiger partial charge is 0.399 e. The normalized spacial score (nSPS) is 12.5. The molecule has 4 nitrogen and oxygen atoms in total. The Morgan fingerprint density at radius 1 is 1.36 bits per heavy atom. The van der Waals surface area contributed by atoms with Crippen molar-refractivity contribution in [2.24, 2.45) is 0 Å². The van der Waals surface area contributed by atoms with E-state index < -0.39 is 10.1 Å². The van der Waals surface area contributed by atoms with E-state index in [1.165, 1.54) is 24.3 Å². The summed E-state index contributed by atoms with van der Waals surface area (Å²) in [6.07, 6.45) is 0. The number of nitrogen functional groups attached to an aromatic ring is 1. The average Bonchev–Trinajstić information content (AvgIpc) is 2.05. The fourth-order valence-corrected chi connectivity index (χ4v) is 1.10. The van der Waals surface area contributed by atoms with Crippen LogP contribution in [0.15, 0.2) is 29.2 Å². The molecule has 0 aliphatic carbocycles. The number of nitrogens with two attached hydrogens (primary N) is 1. The van der Waals surface area contributed by atoms with E-state index in [-0.39, 0.29) is 4.90 Å². The Hall–Kier alpha value is -1.07. The van der Waals surface area contributed by atoms with Crippen molar-refractivity contribution < 1.29 is 13.0 Å². The molecule has 0 saturated heterocycles. The highest BCUT2D eigenvalue weighted by Crippen LogP contribution is 2.10. The van der Waals surface area contributed by atoms with Crippen LogP contribution in [0.1, 0.15) is 0 Å². The van der Waals surface area contributed by atoms with Crippen molar-refractivity contribution in [3.8, 4) is 0 Å². The van der Waals surface area contributed by atoms with Gasteiger partial charge in [-0.1, -0.05) is 0 Å². The summed E-state index contributed by atoms with van der Waals surface area (Å²) >= 11 is 0. The van der Waals surface area contributed by atoms with Crippen molar-refractivity contribution in [3.05, 3.63) is 24.3 Å². The Balaban J connectivity index is 3.14. The van der Waals surface area contributed by atoms with E-state index in [1.807, 2.05) is 0 Å². The van der Waals surface area contributed by atoms with Gasteiger partial charge in [0.2, 0.25) is 1.43 Å². The van der Waals surface area contributed by atoms with Gasteiger partial charge in [0.1, 0.15) is 0 Å². The molecule has 11 heavy (non-hydrogen) atoms. The van der Waals surface area contributed by atoms with Crippen LogP contribution in [-0.4, -0.2) is 13.0 Å². The van der Waals surface area contributed by atoms with Gasteiger partial charge in [-0.25, -0.2) is 0 Å². The maximum atomic E-state index is 10.9. The van der Waals surface area contributed by atoms with Crippen molar-refractivity contribution in [1.29, 1.82) is 1.43 Å². The molecule has 0 aliphatic rings. The van der Waals surface area contributed by atoms with Crippen LogP contribution in [0.3, 0.4) is 0 Å². The number of rotatable bonds is 2. The highest BCUT2D eigenvalue weighted by molar-refractivity contribution is 7.85. The molecule has 0 spiro atoms. The first-order chi connectivity index (χ1) is 5.56. The monoisotopic (exact) mass is 174 g/mol. The maximum absolute atomic E-state index is 10.9. The summed E-state index contributed by atoms with van der Waals surface area (Å²) in [6.45, 7) is 0. The fraction of sp³-hybridized carbons (Fsp3) is 0. The zero-order chi connectivity index (χ0) is 9.19. The van der Waals surface area contributed by atoms with Crippen LogP contribution in [-0.2, 0) is 10.1 Å². The van der Waals surface area contributed by atoms with Crippen molar-refractivity contribution in [3.63, 3.8) is 0 Å². The topological polar surface area (TPSA) is 80.4 Å². The summed E-state index contributed by atoms with van der Waals surface area (Å²) < 4.78 is 31.5. The van der Waals surface area contributed by atoms with Crippen LogP contribution in [0.25, 0.3) is 1.43 Å². The lowest BCUT2D eigenvalue weighted by atomic mass is 10.3. The van der Waals surface area contributed by atoms with Gasteiger partial charge in [-0.3, -0.25) is 4.56 Å². The molecule has 3 N–H and O–H groups in total. The molecule has 0 unspecified atom stereocenters. The van der Waals surface area contributed by atoms with E-state index in [1.54, 1.807) is 0 Å². The Kier molecular flexibility index (Phi) is 1.52. The quantitative estimate of drug-likeness (QED) is 0.505. The van der Waals surface area contributed by atoms with E-state index in [2.05, 4.69) is 4.56 Å². The molecule has 60 valence electrons. The lowest BCUT2D eigenvalue weighted by Crippen LogP contribution is -1.97. The lowest BCUT2D eigenvalue weighted by Gasteiger charge is -1.95. The minimum Gasteiger partial charge on any atom is -0.399 e. The zero-order valence-corrected chi connectivity index (χ0v) is 6.34. The van der Waals surface area contributed by atoms with Gasteiger partial charge in [-0.05, 0) is 24.3 Å². The van der Waals surface area contributed by atoms with Crippen molar-refractivity contribution in [2.45, 2.75) is 4.90 Å². The predicted octanol–water partition coefficient (Wildman–Crippen LogP) is 0.516. The highest BCUT2D eigenvalue weighted by atomic mass is 32.2. The van der Waals surface area contributed by atoms with E-state index in [0.717, 1.165) is 0 Å². The molecule has 0 radical (unpaired) electrons. The number of anilines is 1. The molecule has 1 aromatic rings. The molecule has 0 amide bonds. The van der Waals surface area contributed by atoms with Crippen LogP contribution < -0.4 is 5.73 Å². The Morgan fingerprint density at radius 3 is 2.36 bits per heavy atom. The third-order valence-electron chi connectivity index (χ3n) is 1.17. The van der Waals surface area contributed by atoms with Gasteiger partial charge in [-0.2, -0.15) is 8.42 Å². The summed E-state index contributed by atoms with van der Waals surface area (Å²) in [7, 11) is -3.90. The molecule has 5 heteroatoms. The average molecular weight is 174 g/mol. The maximum Gasteiger partial charge on any atom is 0.294 e. The highest BCUT2D eigenvalue weighted by Gasteiger charge is 2.06. The van der Waals surface area contributed by atoms with Gasteiger partial charge in [0.25, 0.3) is 10.1 Å². The minimum absolute atomic E-state index is 0.0771. The first-order valence-corrected chi connectivity index (χ1v) is 4.22. The van der Waals surface area contributed by atoms with Gasteiger partial charge in [-0.15, -0.1) is 0 Å². The summed E-state index contributed by atoms with van der Waals surface area (Å²) in [5.74, 6) is 0. The first-order valence-electron chi connectivity index (χ1n) is 3.22. The van der Waals surface area contributed by atoms with Crippen LogP contribution in [0.2, 0.25) is 0 Å². The third-order valence-corrected chi connectivity index (χ3v) is 2.02. The first kappa shape index (κ1) is 6.63. The van der Waals surface area contributed by atoms with Gasteiger partial charge < -0.3 is 5.73 Å². The van der Waals surface area contributed by atoms with E-state index in [0.29, 0.717) is 5.69 Å². The Morgan fingerprint density at radius 2 is 1.91 bits per heavy atom. The van der Waals surface area contributed by atoms with Crippen LogP contribution in [0, 0.1) is 0 Å². The van der Waals surface area contributed by atoms with E-state index in [4.69, 9.17) is 7.16 Å². The van der Waals surface area contributed by atoms with E-state index in [9.17, 15) is 8.42 Å². The summed E-state index contributed by atoms with van der Waals surface area (Å²) in [4.78, 5) is -0.0771. The second kappa shape index (κ2) is 2.52. The SMILES string of the molecule is [2H]OS(=O)(=O)c1ccc(N)cc1. The van der Waals surface area contributed by atoms with Gasteiger partial charge in [0.05, 0.1) is 4.90 Å². The molecule has 1 rings (SSSR count). The van der Waals surface area contributed by atoms with Gasteiger partial charge >= 0.3 is 0 Å². The second-order valence-electron chi connectivity index (χ2n) is 2.02. The number of hydrogen-bond acceptors (Lipinski definition) is 4. The minimum atomic E-state index is -3.90. The predicted molar refractivity (Wildman–Crippen MR) is 40.7 cm³/mol. The second-order valence-corrected chi connectivity index (χ2v) is 3.40. The molecule has 0 heterocycles. The van der Waals surface area contributed by atoms with Gasteiger partial charge in [0, 0.05) is 5.69 Å². The Bertz CT molecular complexity index is 359. The van der Waals surface area contributed by atoms with E-state index >= 15 is 0 Å². The van der Waals surface area contributed by atoms with Gasteiger partial charge in [0.15, 0.2) is 0 Å². The number of hydrogen-bond donors (Lipinski definition) is 2. The molecule has 0 atom stereocenters. The summed E-state index contributed by atoms with van der Waals surface area (Å²) in [5.41, 5.74) is 5.79. The summed E-state index contributed by atoms with van der Waals surface area (Å²) in [5, 5.41) is 0. The van der Waals surface area contributed by atoms with Crippen LogP contribution >= 0.6 is 0 Å². The molecule has 0 saturated carbocycles. The smallest absolute Gasteiger partial charge is 0.294 e. The van der Waals surface area contributed by atoms with Crippen LogP contribution in [0.5, 0.6) is 0 Å². The van der Waals surface area contributed by atoms with Crippen LogP contribution in [0.4, 0.5) is 5.69 Å². The number of benzene rings is 1. The third kappa shape index (κ3) is 1.92. The fourth-order valence-electron chi connectivity index (χ4n) is 0.634. The van der Waals surface area contributed by atoms with Crippen molar-refractivity contribution in [2.75, 3.05) is 5.73 Å². The summed E-state index contributed by atoms with van der Waals surface area (Å²) in [6, 6.07) is 5.40. The molecule has 0 fully saturated rings. The molecule has 0 aromatic heterocycles. The molecule has 0 bridgehead atoms. The van der Waals surface area contributed by atoms with Crippen molar-refractivity contribution >= 4 is 15.8 Å². The molecular formula is C6H7NO3S. The molecule has 1 aromatic carbocycles. The molecule has 0 aliphatic heterocycles.